The molecule has 1 aliphatic rings. The van der Waals surface area contributed by atoms with E-state index in [4.69, 9.17) is 0 Å². The molecule has 0 unspecified atom stereocenters. The van der Waals surface area contributed by atoms with Crippen molar-refractivity contribution in [3.63, 3.8) is 0 Å². The van der Waals surface area contributed by atoms with E-state index in [1.807, 2.05) is 66.4 Å². The topological polar surface area (TPSA) is 74.2 Å². The van der Waals surface area contributed by atoms with Crippen LogP contribution in [0.4, 0.5) is 17.5 Å². The standard InChI is InChI=1S/C21H21BrN6O/c1-15-4-2-7-18(23-15)24-19-8-9-20(26-25-19)27-10-12-28(13-11-27)21(29)16-5-3-6-17(22)14-16/h2-9,14H,10-13H2,1H3,(H,23,24,25). The summed E-state index contributed by atoms with van der Waals surface area (Å²) in [6, 6.07) is 17.1. The van der Waals surface area contributed by atoms with E-state index in [9.17, 15) is 4.79 Å². The van der Waals surface area contributed by atoms with Crippen LogP contribution < -0.4 is 10.2 Å². The molecule has 0 radical (unpaired) electrons. The van der Waals surface area contributed by atoms with Crippen molar-refractivity contribution in [2.75, 3.05) is 36.4 Å². The first-order chi connectivity index (χ1) is 14.1. The minimum absolute atomic E-state index is 0.0576. The van der Waals surface area contributed by atoms with Gasteiger partial charge in [-0.2, -0.15) is 0 Å². The Bertz CT molecular complexity index is 1000. The van der Waals surface area contributed by atoms with Crippen LogP contribution in [0.3, 0.4) is 0 Å². The summed E-state index contributed by atoms with van der Waals surface area (Å²) in [6.45, 7) is 4.70. The lowest BCUT2D eigenvalue weighted by atomic mass is 10.2. The number of pyridine rings is 1. The number of hydrogen-bond donors (Lipinski definition) is 1. The lowest BCUT2D eigenvalue weighted by Crippen LogP contribution is -2.49. The monoisotopic (exact) mass is 452 g/mol. The third kappa shape index (κ3) is 4.71. The van der Waals surface area contributed by atoms with Crippen LogP contribution in [0.2, 0.25) is 0 Å². The highest BCUT2D eigenvalue weighted by Gasteiger charge is 2.23. The molecule has 0 atom stereocenters. The zero-order valence-corrected chi connectivity index (χ0v) is 17.6. The number of hydrogen-bond acceptors (Lipinski definition) is 6. The van der Waals surface area contributed by atoms with Crippen LogP contribution >= 0.6 is 15.9 Å². The SMILES string of the molecule is Cc1cccc(Nc2ccc(N3CCN(C(=O)c4cccc(Br)c4)CC3)nn2)n1. The van der Waals surface area contributed by atoms with E-state index in [1.54, 1.807) is 0 Å². The fourth-order valence-electron chi connectivity index (χ4n) is 3.25. The molecule has 1 N–H and O–H groups in total. The molecule has 3 heterocycles. The first-order valence-electron chi connectivity index (χ1n) is 9.43. The van der Waals surface area contributed by atoms with Gasteiger partial charge in [0.1, 0.15) is 5.82 Å². The smallest absolute Gasteiger partial charge is 0.254 e. The molecule has 148 valence electrons. The maximum Gasteiger partial charge on any atom is 0.254 e. The van der Waals surface area contributed by atoms with Crippen molar-refractivity contribution < 1.29 is 4.79 Å². The van der Waals surface area contributed by atoms with Crippen molar-refractivity contribution in [1.29, 1.82) is 0 Å². The largest absolute Gasteiger partial charge is 0.352 e. The Hall–Kier alpha value is -3.00. The van der Waals surface area contributed by atoms with Gasteiger partial charge in [0.2, 0.25) is 0 Å². The molecule has 0 saturated carbocycles. The number of aromatic nitrogens is 3. The molecule has 1 aromatic carbocycles. The van der Waals surface area contributed by atoms with Crippen LogP contribution in [0.25, 0.3) is 0 Å². The van der Waals surface area contributed by atoms with Crippen LogP contribution in [-0.4, -0.2) is 52.2 Å². The molecule has 8 heteroatoms. The molecule has 1 fully saturated rings. The molecule has 29 heavy (non-hydrogen) atoms. The molecule has 1 aliphatic heterocycles. The fourth-order valence-corrected chi connectivity index (χ4v) is 3.65. The van der Waals surface area contributed by atoms with E-state index in [2.05, 4.69) is 41.3 Å². The van der Waals surface area contributed by atoms with Gasteiger partial charge in [-0.1, -0.05) is 28.1 Å². The molecule has 1 amide bonds. The Labute approximate surface area is 177 Å². The molecular formula is C21H21BrN6O. The Kier molecular flexibility index (Phi) is 5.71. The summed E-state index contributed by atoms with van der Waals surface area (Å²) < 4.78 is 0.909. The number of carbonyl (C=O) groups is 1. The van der Waals surface area contributed by atoms with Gasteiger partial charge in [-0.15, -0.1) is 10.2 Å². The van der Waals surface area contributed by atoms with E-state index in [-0.39, 0.29) is 5.91 Å². The number of rotatable bonds is 4. The maximum atomic E-state index is 12.7. The second-order valence-corrected chi connectivity index (χ2v) is 7.77. The number of aryl methyl sites for hydroxylation is 1. The van der Waals surface area contributed by atoms with Crippen molar-refractivity contribution in [2.24, 2.45) is 0 Å². The average molecular weight is 453 g/mol. The summed E-state index contributed by atoms with van der Waals surface area (Å²) >= 11 is 3.42. The Morgan fingerprint density at radius 2 is 1.76 bits per heavy atom. The molecule has 0 spiro atoms. The summed E-state index contributed by atoms with van der Waals surface area (Å²) in [5, 5.41) is 11.8. The lowest BCUT2D eigenvalue weighted by molar-refractivity contribution is 0.0746. The van der Waals surface area contributed by atoms with Crippen LogP contribution in [0.1, 0.15) is 16.1 Å². The third-order valence-corrected chi connectivity index (χ3v) is 5.25. The van der Waals surface area contributed by atoms with Gasteiger partial charge in [0, 0.05) is 41.9 Å². The minimum Gasteiger partial charge on any atom is -0.352 e. The van der Waals surface area contributed by atoms with Crippen molar-refractivity contribution >= 4 is 39.3 Å². The van der Waals surface area contributed by atoms with Gasteiger partial charge in [-0.3, -0.25) is 4.79 Å². The van der Waals surface area contributed by atoms with Crippen LogP contribution in [0.15, 0.2) is 59.1 Å². The predicted octanol–water partition coefficient (Wildman–Crippen LogP) is 3.65. The molecule has 4 rings (SSSR count). The minimum atomic E-state index is 0.0576. The zero-order chi connectivity index (χ0) is 20.2. The summed E-state index contributed by atoms with van der Waals surface area (Å²) in [6.07, 6.45) is 0. The highest BCUT2D eigenvalue weighted by atomic mass is 79.9. The Morgan fingerprint density at radius 1 is 0.966 bits per heavy atom. The van der Waals surface area contributed by atoms with Gasteiger partial charge in [0.25, 0.3) is 5.91 Å². The van der Waals surface area contributed by atoms with E-state index >= 15 is 0 Å². The van der Waals surface area contributed by atoms with Gasteiger partial charge in [0.05, 0.1) is 0 Å². The van der Waals surface area contributed by atoms with Crippen molar-refractivity contribution in [1.82, 2.24) is 20.1 Å². The van der Waals surface area contributed by atoms with Gasteiger partial charge in [-0.05, 0) is 49.4 Å². The first-order valence-corrected chi connectivity index (χ1v) is 10.2. The number of piperazine rings is 1. The third-order valence-electron chi connectivity index (χ3n) is 4.76. The molecule has 7 nitrogen and oxygen atoms in total. The second-order valence-electron chi connectivity index (χ2n) is 6.86. The zero-order valence-electron chi connectivity index (χ0n) is 16.0. The average Bonchev–Trinajstić information content (AvgIpc) is 2.74. The van der Waals surface area contributed by atoms with Crippen LogP contribution in [0, 0.1) is 6.92 Å². The number of nitrogens with one attached hydrogen (secondary N) is 1. The van der Waals surface area contributed by atoms with Crippen LogP contribution in [-0.2, 0) is 0 Å². The number of amides is 1. The van der Waals surface area contributed by atoms with Crippen LogP contribution in [0.5, 0.6) is 0 Å². The number of halogens is 1. The normalized spacial score (nSPS) is 14.0. The van der Waals surface area contributed by atoms with Gasteiger partial charge >= 0.3 is 0 Å². The van der Waals surface area contributed by atoms with E-state index in [1.165, 1.54) is 0 Å². The molecule has 2 aromatic heterocycles. The number of benzene rings is 1. The van der Waals surface area contributed by atoms with E-state index in [0.717, 1.165) is 34.9 Å². The summed E-state index contributed by atoms with van der Waals surface area (Å²) in [5.41, 5.74) is 1.64. The second kappa shape index (κ2) is 8.57. The number of nitrogens with zero attached hydrogens (tertiary/aromatic N) is 5. The Morgan fingerprint density at radius 3 is 2.45 bits per heavy atom. The molecule has 0 bridgehead atoms. The van der Waals surface area contributed by atoms with Crippen molar-refractivity contribution in [3.05, 3.63) is 70.3 Å². The summed E-state index contributed by atoms with van der Waals surface area (Å²) in [7, 11) is 0. The van der Waals surface area contributed by atoms with E-state index < -0.39 is 0 Å². The van der Waals surface area contributed by atoms with Gasteiger partial charge in [-0.25, -0.2) is 4.98 Å². The number of anilines is 3. The summed E-state index contributed by atoms with van der Waals surface area (Å²) in [4.78, 5) is 21.1. The van der Waals surface area contributed by atoms with Gasteiger partial charge < -0.3 is 15.1 Å². The quantitative estimate of drug-likeness (QED) is 0.650. The molecular weight excluding hydrogens is 432 g/mol. The molecule has 0 aliphatic carbocycles. The first kappa shape index (κ1) is 19.3. The predicted molar refractivity (Wildman–Crippen MR) is 117 cm³/mol. The fraction of sp³-hybridized carbons (Fsp3) is 0.238. The molecule has 3 aromatic rings. The maximum absolute atomic E-state index is 12.7. The van der Waals surface area contributed by atoms with Gasteiger partial charge in [0.15, 0.2) is 11.6 Å². The summed E-state index contributed by atoms with van der Waals surface area (Å²) in [5.74, 6) is 2.26. The van der Waals surface area contributed by atoms with E-state index in [0.29, 0.717) is 24.5 Å². The highest BCUT2D eigenvalue weighted by molar-refractivity contribution is 9.10. The molecule has 1 saturated heterocycles. The number of carbonyl (C=O) groups excluding carboxylic acids is 1. The lowest BCUT2D eigenvalue weighted by Gasteiger charge is -2.35. The van der Waals surface area contributed by atoms with Crippen molar-refractivity contribution in [3.8, 4) is 0 Å². The van der Waals surface area contributed by atoms with Crippen molar-refractivity contribution in [2.45, 2.75) is 6.92 Å². The Balaban J connectivity index is 1.35. The highest BCUT2D eigenvalue weighted by Crippen LogP contribution is 2.19.